The molecule has 4 aromatic rings. The van der Waals surface area contributed by atoms with Crippen molar-refractivity contribution in [2.24, 2.45) is 5.73 Å². The number of carbonyl (C=O) groups is 2. The third-order valence-electron chi connectivity index (χ3n) is 3.41. The van der Waals surface area contributed by atoms with Crippen LogP contribution in [0.4, 0.5) is 18.9 Å². The molecule has 2 amide bonds. The number of hydrogen-bond acceptors (Lipinski definition) is 7. The molecular formula is C23H23F3N6O3Se. The Balaban J connectivity index is 0.000000263. The van der Waals surface area contributed by atoms with Crippen LogP contribution < -0.4 is 15.8 Å². The van der Waals surface area contributed by atoms with Gasteiger partial charge in [0.1, 0.15) is 0 Å². The molecule has 190 valence electrons. The van der Waals surface area contributed by atoms with E-state index in [-0.39, 0.29) is 11.6 Å². The summed E-state index contributed by atoms with van der Waals surface area (Å²) < 4.78 is 43.2. The summed E-state index contributed by atoms with van der Waals surface area (Å²) in [7, 11) is 0. The topological polar surface area (TPSA) is 133 Å². The van der Waals surface area contributed by atoms with Crippen LogP contribution in [0.3, 0.4) is 0 Å². The molecule has 0 spiro atoms. The second kappa shape index (κ2) is 17.4. The fourth-order valence-electron chi connectivity index (χ4n) is 2.16. The summed E-state index contributed by atoms with van der Waals surface area (Å²) in [5.41, 5.74) is 5.94. The van der Waals surface area contributed by atoms with Gasteiger partial charge < -0.3 is 15.8 Å². The van der Waals surface area contributed by atoms with E-state index in [0.29, 0.717) is 21.2 Å². The third-order valence-corrected chi connectivity index (χ3v) is 4.32. The van der Waals surface area contributed by atoms with Crippen LogP contribution in [0.2, 0.25) is 0 Å². The maximum atomic E-state index is 11.9. The summed E-state index contributed by atoms with van der Waals surface area (Å²) in [5.74, 6) is -1.18. The largest absolute Gasteiger partial charge is 0.159 e. The minimum atomic E-state index is -4.77. The van der Waals surface area contributed by atoms with Gasteiger partial charge in [0.15, 0.2) is 5.75 Å². The average Bonchev–Trinajstić information content (AvgIpc) is 3.42. The molecule has 3 N–H and O–H groups in total. The summed E-state index contributed by atoms with van der Waals surface area (Å²) in [5, 5.41) is 12.9. The zero-order valence-electron chi connectivity index (χ0n) is 19.0. The van der Waals surface area contributed by atoms with E-state index < -0.39 is 18.0 Å². The number of nitrogens with two attached hydrogens (primary N) is 1. The van der Waals surface area contributed by atoms with Gasteiger partial charge in [-0.25, -0.2) is 0 Å². The van der Waals surface area contributed by atoms with Crippen LogP contribution in [0, 0.1) is 0 Å². The van der Waals surface area contributed by atoms with E-state index in [1.165, 1.54) is 25.1 Å². The van der Waals surface area contributed by atoms with E-state index in [9.17, 15) is 22.8 Å². The van der Waals surface area contributed by atoms with E-state index in [1.54, 1.807) is 18.6 Å². The molecule has 0 aliphatic rings. The van der Waals surface area contributed by atoms with Crippen molar-refractivity contribution in [2.45, 2.75) is 19.7 Å². The van der Waals surface area contributed by atoms with E-state index in [2.05, 4.69) is 29.4 Å². The number of halogens is 3. The zero-order chi connectivity index (χ0) is 26.7. The molecule has 2 aromatic carbocycles. The Bertz CT molecular complexity index is 1070. The predicted octanol–water partition coefficient (Wildman–Crippen LogP) is 3.27. The molecule has 0 unspecified atom stereocenters. The first-order valence-corrected chi connectivity index (χ1v) is 11.8. The van der Waals surface area contributed by atoms with Gasteiger partial charge in [-0.05, 0) is 29.8 Å². The number of aromatic nitrogens is 4. The van der Waals surface area contributed by atoms with Gasteiger partial charge >= 0.3 is 41.4 Å². The molecule has 0 fully saturated rings. The molecular weight excluding hydrogens is 544 g/mol. The van der Waals surface area contributed by atoms with Crippen molar-refractivity contribution < 1.29 is 27.5 Å². The Morgan fingerprint density at radius 1 is 0.917 bits per heavy atom. The van der Waals surface area contributed by atoms with Gasteiger partial charge in [-0.2, -0.15) is 10.2 Å². The van der Waals surface area contributed by atoms with Crippen molar-refractivity contribution in [1.29, 1.82) is 0 Å². The quantitative estimate of drug-likeness (QED) is 0.362. The maximum Gasteiger partial charge on any atom is 0.0496 e. The van der Waals surface area contributed by atoms with Gasteiger partial charge in [0.05, 0.1) is 12.1 Å². The second-order valence-electron chi connectivity index (χ2n) is 6.36. The molecule has 0 saturated carbocycles. The molecule has 2 heterocycles. The number of rotatable bonds is 4. The van der Waals surface area contributed by atoms with Crippen molar-refractivity contribution in [3.63, 3.8) is 0 Å². The van der Waals surface area contributed by atoms with Crippen molar-refractivity contribution in [3.05, 3.63) is 95.8 Å². The zero-order valence-corrected chi connectivity index (χ0v) is 20.7. The number of alkyl halides is 3. The minimum absolute atomic E-state index is 0.0117. The number of amides is 2. The second-order valence-corrected chi connectivity index (χ2v) is 7.71. The summed E-state index contributed by atoms with van der Waals surface area (Å²) in [4.78, 5) is 23.0. The molecule has 9 nitrogen and oxygen atoms in total. The van der Waals surface area contributed by atoms with Gasteiger partial charge in [0.25, 0.3) is 0 Å². The van der Waals surface area contributed by atoms with E-state index in [4.69, 9.17) is 5.73 Å². The SMILES string of the molecule is CC(=O)Nc1ccccc1OC(F)(F)F.NC(=O)Cc1ccccc1.c1c[se]nn1.c1ccnnc1. The van der Waals surface area contributed by atoms with Crippen LogP contribution >= 0.6 is 0 Å². The number of nitrogens with one attached hydrogen (secondary N) is 1. The van der Waals surface area contributed by atoms with Crippen molar-refractivity contribution in [2.75, 3.05) is 5.32 Å². The van der Waals surface area contributed by atoms with Crippen LogP contribution in [-0.2, 0) is 16.0 Å². The molecule has 2 aromatic heterocycles. The summed E-state index contributed by atoms with van der Waals surface area (Å²) in [6.45, 7) is 1.20. The Morgan fingerprint density at radius 2 is 1.53 bits per heavy atom. The number of benzene rings is 2. The van der Waals surface area contributed by atoms with Gasteiger partial charge in [-0.3, -0.25) is 9.59 Å². The molecule has 36 heavy (non-hydrogen) atoms. The van der Waals surface area contributed by atoms with Gasteiger partial charge in [0, 0.05) is 19.3 Å². The standard InChI is InChI=1S/C9H8F3NO2.C8H9NO.C4H4N2.C2H2N2Se/c1-6(14)13-7-4-2-3-5-8(7)15-9(10,11)12;9-8(10)6-7-4-2-1-3-5-7;1-2-4-6-5-3-1;1-2-5-4-3-1/h2-5H,1H3,(H,13,14);1-5H,6H2,(H2,9,10);1-4H;1-2H. The number of anilines is 1. The van der Waals surface area contributed by atoms with Crippen molar-refractivity contribution >= 4 is 32.2 Å². The predicted molar refractivity (Wildman–Crippen MR) is 128 cm³/mol. The maximum absolute atomic E-state index is 11.9. The van der Waals surface area contributed by atoms with Gasteiger partial charge in [-0.1, -0.05) is 42.5 Å². The van der Waals surface area contributed by atoms with Crippen molar-refractivity contribution in [1.82, 2.24) is 19.4 Å². The number of ether oxygens (including phenoxy) is 1. The van der Waals surface area contributed by atoms with E-state index in [1.807, 2.05) is 47.4 Å². The Morgan fingerprint density at radius 3 is 1.94 bits per heavy atom. The molecule has 0 aliphatic carbocycles. The van der Waals surface area contributed by atoms with E-state index in [0.717, 1.165) is 11.6 Å². The van der Waals surface area contributed by atoms with Crippen LogP contribution in [0.25, 0.3) is 0 Å². The molecule has 4 rings (SSSR count). The van der Waals surface area contributed by atoms with E-state index >= 15 is 0 Å². The minimum Gasteiger partial charge on any atom is -0.159 e. The fourth-order valence-corrected chi connectivity index (χ4v) is 2.73. The van der Waals surface area contributed by atoms with Crippen LogP contribution in [0.1, 0.15) is 12.5 Å². The number of para-hydroxylation sites is 2. The number of nitrogens with zero attached hydrogens (tertiary/aromatic N) is 4. The normalized spacial score (nSPS) is 9.56. The Labute approximate surface area is 211 Å². The number of carbonyl (C=O) groups excluding carboxylic acids is 2. The molecule has 0 bridgehead atoms. The first kappa shape index (κ1) is 29.9. The molecule has 0 saturated heterocycles. The summed E-state index contributed by atoms with van der Waals surface area (Å²) >= 11 is 0.347. The molecule has 0 aliphatic heterocycles. The molecule has 13 heteroatoms. The number of primary amides is 1. The van der Waals surface area contributed by atoms with Crippen LogP contribution in [0.5, 0.6) is 5.75 Å². The molecule has 0 atom stereocenters. The number of hydrogen-bond donors (Lipinski definition) is 2. The molecule has 0 radical (unpaired) electrons. The summed E-state index contributed by atoms with van der Waals surface area (Å²) in [6, 6.07) is 18.4. The monoisotopic (exact) mass is 568 g/mol. The van der Waals surface area contributed by atoms with Gasteiger partial charge in [0.2, 0.25) is 11.8 Å². The fraction of sp³-hybridized carbons (Fsp3) is 0.130. The van der Waals surface area contributed by atoms with Crippen LogP contribution in [0.15, 0.2) is 90.3 Å². The first-order valence-electron chi connectivity index (χ1n) is 10.0. The Hall–Kier alpha value is -4.09. The third kappa shape index (κ3) is 16.5. The summed E-state index contributed by atoms with van der Waals surface area (Å²) in [6.07, 6.45) is 0.565. The van der Waals surface area contributed by atoms with Crippen LogP contribution in [-0.4, -0.2) is 52.3 Å². The van der Waals surface area contributed by atoms with Gasteiger partial charge in [-0.15, -0.1) is 13.2 Å². The van der Waals surface area contributed by atoms with Crippen molar-refractivity contribution in [3.8, 4) is 5.75 Å². The average molecular weight is 567 g/mol. The first-order chi connectivity index (χ1) is 17.2. The Kier molecular flexibility index (Phi) is 14.4. The smallest absolute Gasteiger partial charge is 0.0496 e.